The van der Waals surface area contributed by atoms with Crippen LogP contribution in [0.4, 0.5) is 4.79 Å². The van der Waals surface area contributed by atoms with Crippen molar-refractivity contribution in [3.63, 3.8) is 0 Å². The third-order valence-corrected chi connectivity index (χ3v) is 3.11. The van der Waals surface area contributed by atoms with E-state index in [1.165, 1.54) is 6.42 Å². The molecule has 19 heavy (non-hydrogen) atoms. The van der Waals surface area contributed by atoms with Crippen LogP contribution >= 0.6 is 0 Å². The largest absolute Gasteiger partial charge is 0.481 e. The summed E-state index contributed by atoms with van der Waals surface area (Å²) in [5.41, 5.74) is 0. The molecule has 5 nitrogen and oxygen atoms in total. The Balaban J connectivity index is 3.86. The molecule has 0 aliphatic carbocycles. The molecule has 0 radical (unpaired) electrons. The minimum Gasteiger partial charge on any atom is -0.481 e. The Kier molecular flexibility index (Phi) is 9.94. The highest BCUT2D eigenvalue weighted by Gasteiger charge is 2.17. The highest BCUT2D eigenvalue weighted by molar-refractivity contribution is 5.76. The van der Waals surface area contributed by atoms with E-state index in [2.05, 4.69) is 17.6 Å². The van der Waals surface area contributed by atoms with Crippen LogP contribution < -0.4 is 10.6 Å². The zero-order valence-corrected chi connectivity index (χ0v) is 12.4. The molecule has 0 aromatic rings. The molecule has 0 spiro atoms. The highest BCUT2D eigenvalue weighted by atomic mass is 16.4. The normalized spacial score (nSPS) is 13.6. The first kappa shape index (κ1) is 17.7. The van der Waals surface area contributed by atoms with E-state index in [-0.39, 0.29) is 18.6 Å². The lowest BCUT2D eigenvalue weighted by Gasteiger charge is -2.16. The summed E-state index contributed by atoms with van der Waals surface area (Å²) in [5, 5.41) is 14.4. The van der Waals surface area contributed by atoms with E-state index in [0.29, 0.717) is 6.42 Å². The maximum Gasteiger partial charge on any atom is 0.315 e. The highest BCUT2D eigenvalue weighted by Crippen LogP contribution is 2.05. The van der Waals surface area contributed by atoms with Crippen molar-refractivity contribution < 1.29 is 14.7 Å². The second-order valence-corrected chi connectivity index (χ2v) is 5.08. The van der Waals surface area contributed by atoms with Crippen molar-refractivity contribution in [2.45, 2.75) is 65.3 Å². The predicted octanol–water partition coefficient (Wildman–Crippen LogP) is 2.76. The summed E-state index contributed by atoms with van der Waals surface area (Å²) in [6.45, 7) is 6.24. The SMILES string of the molecule is CCCCCC(C)NC(=O)NCC(CCC)C(=O)O. The van der Waals surface area contributed by atoms with Gasteiger partial charge in [-0.15, -0.1) is 0 Å². The summed E-state index contributed by atoms with van der Waals surface area (Å²) < 4.78 is 0. The molecule has 112 valence electrons. The van der Waals surface area contributed by atoms with Gasteiger partial charge in [-0.3, -0.25) is 4.79 Å². The molecule has 0 heterocycles. The fourth-order valence-corrected chi connectivity index (χ4v) is 1.92. The van der Waals surface area contributed by atoms with E-state index in [1.807, 2.05) is 13.8 Å². The second-order valence-electron chi connectivity index (χ2n) is 5.08. The van der Waals surface area contributed by atoms with Crippen LogP contribution in [-0.2, 0) is 4.79 Å². The first-order valence-electron chi connectivity index (χ1n) is 7.28. The van der Waals surface area contributed by atoms with Crippen molar-refractivity contribution in [1.29, 1.82) is 0 Å². The number of hydrogen-bond donors (Lipinski definition) is 3. The lowest BCUT2D eigenvalue weighted by atomic mass is 10.0. The van der Waals surface area contributed by atoms with Crippen LogP contribution in [0.1, 0.15) is 59.3 Å². The molecule has 3 N–H and O–H groups in total. The molecular formula is C14H28N2O3. The van der Waals surface area contributed by atoms with Gasteiger partial charge in [-0.2, -0.15) is 0 Å². The van der Waals surface area contributed by atoms with Crippen LogP contribution in [0.15, 0.2) is 0 Å². The summed E-state index contributed by atoms with van der Waals surface area (Å²) in [6.07, 6.45) is 5.78. The van der Waals surface area contributed by atoms with Crippen molar-refractivity contribution in [3.05, 3.63) is 0 Å². The molecule has 2 amide bonds. The Labute approximate surface area is 116 Å². The van der Waals surface area contributed by atoms with Gasteiger partial charge in [0, 0.05) is 12.6 Å². The molecule has 5 heteroatoms. The summed E-state index contributed by atoms with van der Waals surface area (Å²) in [4.78, 5) is 22.5. The fourth-order valence-electron chi connectivity index (χ4n) is 1.92. The van der Waals surface area contributed by atoms with Crippen molar-refractivity contribution in [2.75, 3.05) is 6.54 Å². The first-order valence-corrected chi connectivity index (χ1v) is 7.28. The summed E-state index contributed by atoms with van der Waals surface area (Å²) in [6, 6.07) is -0.146. The standard InChI is InChI=1S/C14H28N2O3/c1-4-6-7-9-11(3)16-14(19)15-10-12(8-5-2)13(17)18/h11-12H,4-10H2,1-3H3,(H,17,18)(H2,15,16,19). The van der Waals surface area contributed by atoms with Gasteiger partial charge in [0.25, 0.3) is 0 Å². The van der Waals surface area contributed by atoms with Crippen molar-refractivity contribution in [1.82, 2.24) is 10.6 Å². The lowest BCUT2D eigenvalue weighted by Crippen LogP contribution is -2.43. The zero-order chi connectivity index (χ0) is 14.7. The fraction of sp³-hybridized carbons (Fsp3) is 0.857. The van der Waals surface area contributed by atoms with Crippen molar-refractivity contribution in [3.8, 4) is 0 Å². The predicted molar refractivity (Wildman–Crippen MR) is 76.2 cm³/mol. The van der Waals surface area contributed by atoms with Crippen LogP contribution in [0, 0.1) is 5.92 Å². The van der Waals surface area contributed by atoms with E-state index >= 15 is 0 Å². The monoisotopic (exact) mass is 272 g/mol. The van der Waals surface area contributed by atoms with Crippen LogP contribution in [0.3, 0.4) is 0 Å². The number of hydrogen-bond acceptors (Lipinski definition) is 2. The smallest absolute Gasteiger partial charge is 0.315 e. The Hall–Kier alpha value is -1.26. The number of nitrogens with one attached hydrogen (secondary N) is 2. The number of carboxylic acids is 1. The third kappa shape index (κ3) is 9.33. The summed E-state index contributed by atoms with van der Waals surface area (Å²) >= 11 is 0. The zero-order valence-electron chi connectivity index (χ0n) is 12.4. The third-order valence-electron chi connectivity index (χ3n) is 3.11. The van der Waals surface area contributed by atoms with Crippen LogP contribution in [0.25, 0.3) is 0 Å². The van der Waals surface area contributed by atoms with Gasteiger partial charge in [0.2, 0.25) is 0 Å². The number of amides is 2. The number of urea groups is 1. The van der Waals surface area contributed by atoms with Crippen molar-refractivity contribution in [2.24, 2.45) is 5.92 Å². The summed E-state index contributed by atoms with van der Waals surface area (Å²) in [7, 11) is 0. The maximum atomic E-state index is 11.6. The van der Waals surface area contributed by atoms with Crippen LogP contribution in [0.5, 0.6) is 0 Å². The van der Waals surface area contributed by atoms with E-state index in [1.54, 1.807) is 0 Å². The molecule has 0 aliphatic heterocycles. The number of carboxylic acid groups (broad SMARTS) is 1. The average molecular weight is 272 g/mol. The maximum absolute atomic E-state index is 11.6. The number of carbonyl (C=O) groups is 2. The molecule has 0 rings (SSSR count). The first-order chi connectivity index (χ1) is 9.01. The summed E-state index contributed by atoms with van der Waals surface area (Å²) in [5.74, 6) is -1.34. The van der Waals surface area contributed by atoms with Gasteiger partial charge in [0.15, 0.2) is 0 Å². The van der Waals surface area contributed by atoms with Crippen LogP contribution in [-0.4, -0.2) is 29.7 Å². The van der Waals surface area contributed by atoms with Gasteiger partial charge in [0.05, 0.1) is 5.92 Å². The van der Waals surface area contributed by atoms with Crippen LogP contribution in [0.2, 0.25) is 0 Å². The van der Waals surface area contributed by atoms with E-state index in [9.17, 15) is 9.59 Å². The Morgan fingerprint density at radius 2 is 1.79 bits per heavy atom. The van der Waals surface area contributed by atoms with Gasteiger partial charge in [-0.25, -0.2) is 4.79 Å². The molecular weight excluding hydrogens is 244 g/mol. The number of aliphatic carboxylic acids is 1. The van der Waals surface area contributed by atoms with Gasteiger partial charge in [-0.05, 0) is 19.8 Å². The molecule has 0 fully saturated rings. The van der Waals surface area contributed by atoms with Gasteiger partial charge in [0.1, 0.15) is 0 Å². The minimum absolute atomic E-state index is 0.126. The van der Waals surface area contributed by atoms with Gasteiger partial charge < -0.3 is 15.7 Å². The lowest BCUT2D eigenvalue weighted by molar-refractivity contribution is -0.141. The molecule has 2 atom stereocenters. The topological polar surface area (TPSA) is 78.4 Å². The molecule has 0 aromatic carbocycles. The second kappa shape index (κ2) is 10.6. The molecule has 0 saturated carbocycles. The van der Waals surface area contributed by atoms with Gasteiger partial charge in [-0.1, -0.05) is 39.5 Å². The van der Waals surface area contributed by atoms with E-state index in [4.69, 9.17) is 5.11 Å². The number of unbranched alkanes of at least 4 members (excludes halogenated alkanes) is 2. The number of carbonyl (C=O) groups excluding carboxylic acids is 1. The van der Waals surface area contributed by atoms with Gasteiger partial charge >= 0.3 is 12.0 Å². The number of rotatable bonds is 10. The average Bonchev–Trinajstić information content (AvgIpc) is 2.34. The minimum atomic E-state index is -0.849. The quantitative estimate of drug-likeness (QED) is 0.535. The van der Waals surface area contributed by atoms with E-state index in [0.717, 1.165) is 25.7 Å². The Morgan fingerprint density at radius 1 is 1.11 bits per heavy atom. The molecule has 0 aromatic heterocycles. The Bertz CT molecular complexity index is 269. The molecule has 2 unspecified atom stereocenters. The van der Waals surface area contributed by atoms with Crippen molar-refractivity contribution >= 4 is 12.0 Å². The molecule has 0 bridgehead atoms. The van der Waals surface area contributed by atoms with E-state index < -0.39 is 11.9 Å². The molecule has 0 aliphatic rings. The molecule has 0 saturated heterocycles. The Morgan fingerprint density at radius 3 is 2.32 bits per heavy atom.